The molecule has 138 valence electrons. The average molecular weight is 346 g/mol. The predicted octanol–water partition coefficient (Wildman–Crippen LogP) is 2.33. The highest BCUT2D eigenvalue weighted by Gasteiger charge is 2.32. The zero-order valence-corrected chi connectivity index (χ0v) is 15.9. The summed E-state index contributed by atoms with van der Waals surface area (Å²) >= 11 is 0. The molecule has 0 bridgehead atoms. The van der Waals surface area contributed by atoms with Crippen molar-refractivity contribution in [2.45, 2.75) is 58.6 Å². The molecule has 0 aliphatic carbocycles. The smallest absolute Gasteiger partial charge is 0.251 e. The Morgan fingerprint density at radius 1 is 1.20 bits per heavy atom. The van der Waals surface area contributed by atoms with Crippen LogP contribution in [0.3, 0.4) is 0 Å². The third-order valence-corrected chi connectivity index (χ3v) is 4.71. The van der Waals surface area contributed by atoms with Gasteiger partial charge in [-0.25, -0.2) is 0 Å². The van der Waals surface area contributed by atoms with Gasteiger partial charge in [0.05, 0.1) is 6.10 Å². The first-order valence-corrected chi connectivity index (χ1v) is 8.98. The van der Waals surface area contributed by atoms with E-state index in [9.17, 15) is 14.7 Å². The van der Waals surface area contributed by atoms with Crippen LogP contribution in [0.2, 0.25) is 0 Å². The van der Waals surface area contributed by atoms with E-state index in [1.54, 1.807) is 17.0 Å². The van der Waals surface area contributed by atoms with Gasteiger partial charge in [-0.1, -0.05) is 46.8 Å². The maximum atomic E-state index is 12.7. The van der Waals surface area contributed by atoms with Crippen molar-refractivity contribution in [2.24, 2.45) is 5.92 Å². The molecule has 1 saturated heterocycles. The summed E-state index contributed by atoms with van der Waals surface area (Å²) in [5.74, 6) is -0.387. The molecular formula is C20H30N2O3. The number of rotatable bonds is 4. The summed E-state index contributed by atoms with van der Waals surface area (Å²) in [6.45, 7) is 11.1. The Bertz CT molecular complexity index is 617. The van der Waals surface area contributed by atoms with Gasteiger partial charge in [0, 0.05) is 18.7 Å². The zero-order valence-electron chi connectivity index (χ0n) is 15.9. The molecule has 0 radical (unpaired) electrons. The van der Waals surface area contributed by atoms with Crippen LogP contribution in [0.25, 0.3) is 0 Å². The van der Waals surface area contributed by atoms with Crippen molar-refractivity contribution >= 4 is 11.8 Å². The number of aliphatic hydroxyl groups excluding tert-OH is 1. The molecule has 2 rings (SSSR count). The maximum Gasteiger partial charge on any atom is 0.251 e. The van der Waals surface area contributed by atoms with E-state index < -0.39 is 12.1 Å². The van der Waals surface area contributed by atoms with Crippen molar-refractivity contribution in [1.82, 2.24) is 10.2 Å². The fraction of sp³-hybridized carbons (Fsp3) is 0.600. The Hall–Kier alpha value is -1.88. The number of aliphatic hydroxyl groups is 1. The lowest BCUT2D eigenvalue weighted by Gasteiger charge is -2.27. The van der Waals surface area contributed by atoms with Gasteiger partial charge in [-0.3, -0.25) is 9.59 Å². The van der Waals surface area contributed by atoms with Crippen LogP contribution in [0.5, 0.6) is 0 Å². The van der Waals surface area contributed by atoms with Crippen LogP contribution in [-0.2, 0) is 10.2 Å². The number of β-amino-alcohol motifs (C(OH)–C–C–N with tert-alkyl or cyclic N) is 1. The van der Waals surface area contributed by atoms with E-state index in [1.807, 2.05) is 26.0 Å². The van der Waals surface area contributed by atoms with Gasteiger partial charge >= 0.3 is 0 Å². The van der Waals surface area contributed by atoms with Gasteiger partial charge in [0.15, 0.2) is 0 Å². The number of carbonyl (C=O) groups is 2. The highest BCUT2D eigenvalue weighted by Crippen LogP contribution is 2.22. The number of likely N-dealkylation sites (tertiary alicyclic amines) is 1. The molecule has 1 aromatic carbocycles. The third kappa shape index (κ3) is 4.82. The van der Waals surface area contributed by atoms with E-state index in [-0.39, 0.29) is 23.1 Å². The highest BCUT2D eigenvalue weighted by molar-refractivity contribution is 5.97. The maximum absolute atomic E-state index is 12.7. The monoisotopic (exact) mass is 346 g/mol. The van der Waals surface area contributed by atoms with Crippen LogP contribution < -0.4 is 5.32 Å². The summed E-state index contributed by atoms with van der Waals surface area (Å²) in [4.78, 5) is 26.9. The Labute approximate surface area is 150 Å². The van der Waals surface area contributed by atoms with E-state index in [0.29, 0.717) is 25.1 Å². The van der Waals surface area contributed by atoms with E-state index in [0.717, 1.165) is 5.56 Å². The summed E-state index contributed by atoms with van der Waals surface area (Å²) < 4.78 is 0. The number of hydrogen-bond donors (Lipinski definition) is 2. The largest absolute Gasteiger partial charge is 0.391 e. The fourth-order valence-electron chi connectivity index (χ4n) is 3.00. The number of benzene rings is 1. The second kappa shape index (κ2) is 7.56. The molecular weight excluding hydrogens is 316 g/mol. The van der Waals surface area contributed by atoms with Crippen LogP contribution in [0.4, 0.5) is 0 Å². The van der Waals surface area contributed by atoms with Crippen LogP contribution in [0.1, 0.15) is 57.0 Å². The second-order valence-electron chi connectivity index (χ2n) is 8.25. The Kier molecular flexibility index (Phi) is 5.88. The molecule has 2 atom stereocenters. The van der Waals surface area contributed by atoms with Gasteiger partial charge in [0.2, 0.25) is 5.91 Å². The first-order chi connectivity index (χ1) is 11.6. The molecule has 0 spiro atoms. The molecule has 25 heavy (non-hydrogen) atoms. The lowest BCUT2D eigenvalue weighted by molar-refractivity contribution is -0.133. The number of hydrogen-bond acceptors (Lipinski definition) is 3. The lowest BCUT2D eigenvalue weighted by atomic mass is 9.86. The minimum absolute atomic E-state index is 0.0250. The number of amides is 2. The van der Waals surface area contributed by atoms with Crippen LogP contribution in [0, 0.1) is 5.92 Å². The SMILES string of the molecule is CC(C)C(NC(=O)c1ccc(C(C)(C)C)cc1)C(=O)N1CC[C@@H](O)C1. The van der Waals surface area contributed by atoms with Crippen molar-refractivity contribution in [3.8, 4) is 0 Å². The molecule has 2 amide bonds. The summed E-state index contributed by atoms with van der Waals surface area (Å²) in [7, 11) is 0. The summed E-state index contributed by atoms with van der Waals surface area (Å²) in [5.41, 5.74) is 1.74. The fourth-order valence-corrected chi connectivity index (χ4v) is 3.00. The minimum atomic E-state index is -0.583. The first kappa shape index (κ1) is 19.4. The lowest BCUT2D eigenvalue weighted by Crippen LogP contribution is -2.50. The Balaban J connectivity index is 2.08. The van der Waals surface area contributed by atoms with Crippen molar-refractivity contribution in [3.63, 3.8) is 0 Å². The molecule has 5 nitrogen and oxygen atoms in total. The van der Waals surface area contributed by atoms with Gasteiger partial charge in [0.1, 0.15) is 6.04 Å². The van der Waals surface area contributed by atoms with Crippen LogP contribution >= 0.6 is 0 Å². The second-order valence-corrected chi connectivity index (χ2v) is 8.25. The van der Waals surface area contributed by atoms with Gasteiger partial charge in [0.25, 0.3) is 5.91 Å². The van der Waals surface area contributed by atoms with Crippen molar-refractivity contribution in [3.05, 3.63) is 35.4 Å². The summed E-state index contributed by atoms with van der Waals surface area (Å²) in [5, 5.41) is 12.5. The first-order valence-electron chi connectivity index (χ1n) is 8.98. The molecule has 1 heterocycles. The minimum Gasteiger partial charge on any atom is -0.391 e. The van der Waals surface area contributed by atoms with E-state index >= 15 is 0 Å². The molecule has 1 aliphatic heterocycles. The Morgan fingerprint density at radius 3 is 2.24 bits per heavy atom. The van der Waals surface area contributed by atoms with E-state index in [1.165, 1.54) is 0 Å². The highest BCUT2D eigenvalue weighted by atomic mass is 16.3. The van der Waals surface area contributed by atoms with E-state index in [2.05, 4.69) is 26.1 Å². The quantitative estimate of drug-likeness (QED) is 0.879. The number of carbonyl (C=O) groups excluding carboxylic acids is 2. The predicted molar refractivity (Wildman–Crippen MR) is 98.4 cm³/mol. The summed E-state index contributed by atoms with van der Waals surface area (Å²) in [6, 6.07) is 6.94. The summed E-state index contributed by atoms with van der Waals surface area (Å²) in [6.07, 6.45) is 0.135. The standard InChI is InChI=1S/C20H30N2O3/c1-13(2)17(19(25)22-11-10-16(23)12-22)21-18(24)14-6-8-15(9-7-14)20(3,4)5/h6-9,13,16-17,23H,10-12H2,1-5H3,(H,21,24)/t16-,17?/m1/s1. The molecule has 1 fully saturated rings. The zero-order chi connectivity index (χ0) is 18.8. The molecule has 0 saturated carbocycles. The van der Waals surface area contributed by atoms with Crippen molar-refractivity contribution < 1.29 is 14.7 Å². The average Bonchev–Trinajstić information content (AvgIpc) is 2.97. The topological polar surface area (TPSA) is 69.6 Å². The van der Waals surface area contributed by atoms with Crippen LogP contribution in [-0.4, -0.2) is 47.1 Å². The van der Waals surface area contributed by atoms with Gasteiger partial charge in [-0.15, -0.1) is 0 Å². The van der Waals surface area contributed by atoms with Crippen molar-refractivity contribution in [2.75, 3.05) is 13.1 Å². The molecule has 2 N–H and O–H groups in total. The van der Waals surface area contributed by atoms with E-state index in [4.69, 9.17) is 0 Å². The van der Waals surface area contributed by atoms with Gasteiger partial charge < -0.3 is 15.3 Å². The van der Waals surface area contributed by atoms with Crippen molar-refractivity contribution in [1.29, 1.82) is 0 Å². The number of nitrogens with zero attached hydrogens (tertiary/aromatic N) is 1. The Morgan fingerprint density at radius 2 is 1.80 bits per heavy atom. The molecule has 1 aromatic rings. The van der Waals surface area contributed by atoms with Gasteiger partial charge in [-0.05, 0) is 35.4 Å². The van der Waals surface area contributed by atoms with Gasteiger partial charge in [-0.2, -0.15) is 0 Å². The number of nitrogens with one attached hydrogen (secondary N) is 1. The molecule has 0 aromatic heterocycles. The van der Waals surface area contributed by atoms with Crippen LogP contribution in [0.15, 0.2) is 24.3 Å². The molecule has 1 unspecified atom stereocenters. The molecule has 5 heteroatoms. The third-order valence-electron chi connectivity index (χ3n) is 4.71. The normalized spacial score (nSPS) is 19.2. The molecule has 1 aliphatic rings.